The van der Waals surface area contributed by atoms with Crippen LogP contribution >= 0.6 is 11.3 Å². The predicted molar refractivity (Wildman–Crippen MR) is 239 cm³/mol. The fourth-order valence-corrected chi connectivity index (χ4v) is 10.1. The molecule has 57 heavy (non-hydrogen) atoms. The molecule has 5 nitrogen and oxygen atoms in total. The highest BCUT2D eigenvalue weighted by atomic mass is 32.1. The molecule has 0 radical (unpaired) electrons. The van der Waals surface area contributed by atoms with Gasteiger partial charge in [0.2, 0.25) is 0 Å². The molecule has 0 spiro atoms. The molecule has 2 unspecified atom stereocenters. The van der Waals surface area contributed by atoms with Gasteiger partial charge in [0.1, 0.15) is 23.2 Å². The number of rotatable bonds is 5. The first-order chi connectivity index (χ1) is 28.2. The second-order valence-corrected chi connectivity index (χ2v) is 16.0. The molecule has 0 saturated carbocycles. The van der Waals surface area contributed by atoms with E-state index in [2.05, 4.69) is 180 Å². The van der Waals surface area contributed by atoms with Crippen molar-refractivity contribution in [2.45, 2.75) is 12.6 Å². The van der Waals surface area contributed by atoms with Crippen LogP contribution in [-0.4, -0.2) is 22.4 Å². The zero-order valence-electron chi connectivity index (χ0n) is 30.8. The van der Waals surface area contributed by atoms with Crippen molar-refractivity contribution in [3.63, 3.8) is 0 Å². The lowest BCUT2D eigenvalue weighted by Crippen LogP contribution is -2.43. The number of aliphatic imine (C=N–C) groups is 2. The number of thiophene rings is 1. The molecule has 0 bridgehead atoms. The van der Waals surface area contributed by atoms with E-state index in [1.54, 1.807) is 0 Å². The molecule has 0 amide bonds. The van der Waals surface area contributed by atoms with Crippen LogP contribution in [0.4, 0.5) is 0 Å². The van der Waals surface area contributed by atoms with E-state index in [0.29, 0.717) is 0 Å². The Morgan fingerprint density at radius 3 is 2.21 bits per heavy atom. The van der Waals surface area contributed by atoms with Crippen molar-refractivity contribution < 1.29 is 4.42 Å². The fourth-order valence-electron chi connectivity index (χ4n) is 8.92. The predicted octanol–water partition coefficient (Wildman–Crippen LogP) is 13.0. The minimum absolute atomic E-state index is 0.112. The molecule has 1 N–H and O–H groups in total. The van der Waals surface area contributed by atoms with Crippen molar-refractivity contribution in [1.82, 2.24) is 9.88 Å². The van der Waals surface area contributed by atoms with Crippen LogP contribution in [0.3, 0.4) is 0 Å². The van der Waals surface area contributed by atoms with Gasteiger partial charge in [-0.25, -0.2) is 9.98 Å². The number of aromatic nitrogens is 1. The molecular weight excluding hydrogens is 717 g/mol. The highest BCUT2D eigenvalue weighted by molar-refractivity contribution is 7.26. The van der Waals surface area contributed by atoms with Gasteiger partial charge in [0.25, 0.3) is 0 Å². The van der Waals surface area contributed by atoms with Crippen molar-refractivity contribution >= 4 is 86.9 Å². The minimum atomic E-state index is -0.112. The Morgan fingerprint density at radius 1 is 0.614 bits per heavy atom. The molecule has 2 aliphatic rings. The quantitative estimate of drug-likeness (QED) is 0.190. The molecule has 7 aromatic carbocycles. The number of nitrogens with one attached hydrogen (secondary N) is 1. The Balaban J connectivity index is 0.981. The lowest BCUT2D eigenvalue weighted by Gasteiger charge is -2.28. The summed E-state index contributed by atoms with van der Waals surface area (Å²) in [6, 6.07) is 54.1. The molecule has 1 aliphatic carbocycles. The lowest BCUT2D eigenvalue weighted by atomic mass is 9.96. The molecule has 4 heterocycles. The summed E-state index contributed by atoms with van der Waals surface area (Å²) < 4.78 is 11.5. The number of benzene rings is 7. The van der Waals surface area contributed by atoms with Crippen molar-refractivity contribution in [2.75, 3.05) is 0 Å². The summed E-state index contributed by atoms with van der Waals surface area (Å²) >= 11 is 1.84. The Labute approximate surface area is 332 Å². The molecule has 2 atom stereocenters. The van der Waals surface area contributed by atoms with E-state index >= 15 is 0 Å². The monoisotopic (exact) mass is 750 g/mol. The number of nitrogens with zero attached hydrogens (tertiary/aromatic N) is 3. The van der Waals surface area contributed by atoms with E-state index in [9.17, 15) is 0 Å². The van der Waals surface area contributed by atoms with Gasteiger partial charge in [-0.1, -0.05) is 121 Å². The average molecular weight is 751 g/mol. The summed E-state index contributed by atoms with van der Waals surface area (Å²) in [7, 11) is 0. The van der Waals surface area contributed by atoms with Crippen LogP contribution in [0.25, 0.3) is 80.7 Å². The van der Waals surface area contributed by atoms with E-state index < -0.39 is 0 Å². The maximum atomic E-state index is 6.68. The van der Waals surface area contributed by atoms with Crippen LogP contribution in [0, 0.1) is 5.92 Å². The van der Waals surface area contributed by atoms with Gasteiger partial charge >= 0.3 is 0 Å². The molecule has 6 heteroatoms. The molecular formula is C51H34N4OS. The van der Waals surface area contributed by atoms with Gasteiger partial charge in [0, 0.05) is 76.1 Å². The summed E-state index contributed by atoms with van der Waals surface area (Å²) in [5.41, 5.74) is 9.66. The molecule has 0 saturated heterocycles. The fraction of sp³-hybridized carbons (Fsp3) is 0.0588. The second-order valence-electron chi connectivity index (χ2n) is 14.9. The Hall–Kier alpha value is -7.02. The Kier molecular flexibility index (Phi) is 7.22. The number of hydrogen-bond acceptors (Lipinski definition) is 5. The van der Waals surface area contributed by atoms with Gasteiger partial charge < -0.3 is 14.3 Å². The minimum Gasteiger partial charge on any atom is -0.456 e. The van der Waals surface area contributed by atoms with E-state index in [1.165, 1.54) is 53.1 Å². The van der Waals surface area contributed by atoms with Gasteiger partial charge in [0.15, 0.2) is 5.84 Å². The number of fused-ring (bicyclic) bond motifs is 9. The van der Waals surface area contributed by atoms with E-state index in [0.717, 1.165) is 56.8 Å². The zero-order valence-corrected chi connectivity index (χ0v) is 31.6. The van der Waals surface area contributed by atoms with Crippen molar-refractivity contribution in [3.05, 3.63) is 187 Å². The molecule has 1 aliphatic heterocycles. The molecule has 12 rings (SSSR count). The van der Waals surface area contributed by atoms with Gasteiger partial charge in [-0.05, 0) is 60.5 Å². The van der Waals surface area contributed by atoms with Crippen LogP contribution in [-0.2, 0) is 0 Å². The third-order valence-corrected chi connectivity index (χ3v) is 12.8. The van der Waals surface area contributed by atoms with Crippen LogP contribution in [0.15, 0.2) is 190 Å². The third-order valence-electron chi connectivity index (χ3n) is 11.6. The van der Waals surface area contributed by atoms with E-state index in [1.807, 2.05) is 17.4 Å². The highest BCUT2D eigenvalue weighted by Gasteiger charge is 2.26. The summed E-state index contributed by atoms with van der Waals surface area (Å²) in [5, 5.41) is 10.8. The van der Waals surface area contributed by atoms with Crippen LogP contribution in [0.2, 0.25) is 0 Å². The van der Waals surface area contributed by atoms with E-state index in [-0.39, 0.29) is 12.1 Å². The second kappa shape index (κ2) is 12.8. The first-order valence-electron chi connectivity index (χ1n) is 19.5. The SMILES string of the molecule is C1=CCC(C2N=C(c3ccc4sc5c(-c6cccc7oc8cc(-n9c%10ccccc%10c%10ccccc%109)ccc8c67)cccc5c4c3)N=C(c3ccccc3)N2)C=C1. The highest BCUT2D eigenvalue weighted by Crippen LogP contribution is 2.45. The third kappa shape index (κ3) is 5.14. The normalized spacial score (nSPS) is 16.9. The number of furan rings is 1. The summed E-state index contributed by atoms with van der Waals surface area (Å²) in [4.78, 5) is 10.3. The van der Waals surface area contributed by atoms with Crippen LogP contribution < -0.4 is 5.32 Å². The summed E-state index contributed by atoms with van der Waals surface area (Å²) in [6.45, 7) is 0. The zero-order chi connectivity index (χ0) is 37.5. The summed E-state index contributed by atoms with van der Waals surface area (Å²) in [6.07, 6.45) is 9.52. The maximum Gasteiger partial charge on any atom is 0.159 e. The lowest BCUT2D eigenvalue weighted by molar-refractivity contribution is 0.475. The summed E-state index contributed by atoms with van der Waals surface area (Å²) in [5.74, 6) is 1.86. The van der Waals surface area contributed by atoms with Crippen molar-refractivity contribution in [1.29, 1.82) is 0 Å². The van der Waals surface area contributed by atoms with Gasteiger partial charge in [-0.15, -0.1) is 11.3 Å². The van der Waals surface area contributed by atoms with Crippen LogP contribution in [0.5, 0.6) is 0 Å². The Morgan fingerprint density at radius 2 is 1.39 bits per heavy atom. The number of hydrogen-bond donors (Lipinski definition) is 1. The van der Waals surface area contributed by atoms with Gasteiger partial charge in [-0.2, -0.15) is 0 Å². The first-order valence-corrected chi connectivity index (χ1v) is 20.3. The van der Waals surface area contributed by atoms with Gasteiger partial charge in [-0.3, -0.25) is 0 Å². The largest absolute Gasteiger partial charge is 0.456 e. The van der Waals surface area contributed by atoms with Crippen molar-refractivity contribution in [3.8, 4) is 16.8 Å². The van der Waals surface area contributed by atoms with Crippen molar-refractivity contribution in [2.24, 2.45) is 15.9 Å². The van der Waals surface area contributed by atoms with Crippen LogP contribution in [0.1, 0.15) is 17.5 Å². The molecule has 270 valence electrons. The van der Waals surface area contributed by atoms with Gasteiger partial charge in [0.05, 0.1) is 11.0 Å². The molecule has 10 aromatic rings. The maximum absolute atomic E-state index is 6.68. The molecule has 0 fully saturated rings. The standard InChI is InChI=1S/C51H34N4OS/c1-3-13-31(14-4-1)49-52-50(32-15-5-2-6-16-32)54-51(53-49)33-25-28-46-41(29-33)39-21-11-20-38(48(39)57-46)37-19-12-24-44-47(37)40-27-26-34(30-45(40)56-44)55-42-22-9-7-17-35(42)36-18-8-10-23-43(36)55/h1-15,17-30,32,50H,16H2,(H,52,53,54). The number of amidine groups is 2. The smallest absolute Gasteiger partial charge is 0.159 e. The topological polar surface area (TPSA) is 54.8 Å². The van der Waals surface area contributed by atoms with E-state index in [4.69, 9.17) is 14.4 Å². The number of allylic oxidation sites excluding steroid dienone is 3. The molecule has 3 aromatic heterocycles. The average Bonchev–Trinajstić information content (AvgIpc) is 3.96. The Bertz CT molecular complexity index is 3320. The first kappa shape index (κ1) is 32.2. The number of para-hydroxylation sites is 2.